The van der Waals surface area contributed by atoms with Crippen LogP contribution in [-0.2, 0) is 19.5 Å². The van der Waals surface area contributed by atoms with Crippen molar-refractivity contribution in [1.29, 1.82) is 0 Å². The van der Waals surface area contributed by atoms with Gasteiger partial charge in [-0.15, -0.1) is 10.2 Å². The van der Waals surface area contributed by atoms with Crippen molar-refractivity contribution in [1.82, 2.24) is 29.9 Å². The van der Waals surface area contributed by atoms with Crippen LogP contribution in [0.2, 0.25) is 0 Å². The van der Waals surface area contributed by atoms with Crippen LogP contribution in [0.3, 0.4) is 0 Å². The first-order valence-electron chi connectivity index (χ1n) is 8.40. The fourth-order valence-corrected chi connectivity index (χ4v) is 2.86. The molecule has 0 bridgehead atoms. The Morgan fingerprint density at radius 1 is 1.33 bits per heavy atom. The minimum atomic E-state index is -0.00443. The molecule has 0 aromatic carbocycles. The number of urea groups is 1. The van der Waals surface area contributed by atoms with Crippen LogP contribution in [0.15, 0.2) is 29.1 Å². The van der Waals surface area contributed by atoms with Crippen molar-refractivity contribution < 1.29 is 9.21 Å². The van der Waals surface area contributed by atoms with Gasteiger partial charge in [-0.1, -0.05) is 0 Å². The van der Waals surface area contributed by atoms with Gasteiger partial charge in [0, 0.05) is 45.7 Å². The first-order valence-corrected chi connectivity index (χ1v) is 8.40. The quantitative estimate of drug-likeness (QED) is 0.852. The van der Waals surface area contributed by atoms with E-state index < -0.39 is 0 Å². The SMILES string of the molecule is CCn1cnnc1CCNC(=O)N1CCN(Cc2ccco2)CC1. The highest BCUT2D eigenvalue weighted by Crippen LogP contribution is 2.09. The van der Waals surface area contributed by atoms with Gasteiger partial charge >= 0.3 is 6.03 Å². The van der Waals surface area contributed by atoms with Crippen LogP contribution in [0.4, 0.5) is 4.79 Å². The Hall–Kier alpha value is -2.35. The van der Waals surface area contributed by atoms with Crippen molar-refractivity contribution in [2.75, 3.05) is 32.7 Å². The summed E-state index contributed by atoms with van der Waals surface area (Å²) >= 11 is 0. The molecule has 1 fully saturated rings. The summed E-state index contributed by atoms with van der Waals surface area (Å²) in [6.45, 7) is 7.45. The Balaban J connectivity index is 1.37. The summed E-state index contributed by atoms with van der Waals surface area (Å²) in [4.78, 5) is 16.4. The van der Waals surface area contributed by atoms with Gasteiger partial charge in [-0.3, -0.25) is 4.90 Å². The first kappa shape index (κ1) is 16.5. The van der Waals surface area contributed by atoms with Gasteiger partial charge in [0.05, 0.1) is 12.8 Å². The standard InChI is InChI=1S/C16H24N6O2/c1-2-21-13-18-19-15(21)5-6-17-16(23)22-9-7-20(8-10-22)12-14-4-3-11-24-14/h3-4,11,13H,2,5-10,12H2,1H3,(H,17,23). The van der Waals surface area contributed by atoms with E-state index in [0.29, 0.717) is 13.0 Å². The van der Waals surface area contributed by atoms with Gasteiger partial charge in [0.25, 0.3) is 0 Å². The third-order valence-electron chi connectivity index (χ3n) is 4.28. The Labute approximate surface area is 141 Å². The summed E-state index contributed by atoms with van der Waals surface area (Å²) in [5, 5.41) is 10.9. The molecule has 8 nitrogen and oxygen atoms in total. The van der Waals surface area contributed by atoms with E-state index in [4.69, 9.17) is 4.42 Å². The Bertz CT molecular complexity index is 631. The van der Waals surface area contributed by atoms with Gasteiger partial charge in [-0.05, 0) is 19.1 Å². The molecule has 3 heterocycles. The van der Waals surface area contributed by atoms with Gasteiger partial charge in [-0.25, -0.2) is 4.79 Å². The predicted molar refractivity (Wildman–Crippen MR) is 88.4 cm³/mol. The van der Waals surface area contributed by atoms with Crippen LogP contribution >= 0.6 is 0 Å². The van der Waals surface area contributed by atoms with E-state index >= 15 is 0 Å². The number of aryl methyl sites for hydroxylation is 1. The lowest BCUT2D eigenvalue weighted by Crippen LogP contribution is -2.51. The largest absolute Gasteiger partial charge is 0.468 e. The summed E-state index contributed by atoms with van der Waals surface area (Å²) in [6.07, 6.45) is 4.10. The van der Waals surface area contributed by atoms with Crippen LogP contribution < -0.4 is 5.32 Å². The Morgan fingerprint density at radius 3 is 2.88 bits per heavy atom. The molecule has 0 aliphatic carbocycles. The topological polar surface area (TPSA) is 79.4 Å². The molecule has 24 heavy (non-hydrogen) atoms. The van der Waals surface area contributed by atoms with Gasteiger partial charge in [0.1, 0.15) is 17.9 Å². The molecule has 130 valence electrons. The van der Waals surface area contributed by atoms with E-state index in [1.165, 1.54) is 0 Å². The number of nitrogens with zero attached hydrogens (tertiary/aromatic N) is 5. The van der Waals surface area contributed by atoms with Crippen LogP contribution in [0.25, 0.3) is 0 Å². The van der Waals surface area contributed by atoms with Gasteiger partial charge < -0.3 is 19.2 Å². The van der Waals surface area contributed by atoms with E-state index in [1.807, 2.05) is 28.5 Å². The molecule has 1 saturated heterocycles. The second kappa shape index (κ2) is 7.96. The molecule has 2 aromatic heterocycles. The summed E-state index contributed by atoms with van der Waals surface area (Å²) in [5.41, 5.74) is 0. The van der Waals surface area contributed by atoms with Gasteiger partial charge in [0.2, 0.25) is 0 Å². The van der Waals surface area contributed by atoms with Crippen LogP contribution in [0.5, 0.6) is 0 Å². The maximum atomic E-state index is 12.2. The van der Waals surface area contributed by atoms with Crippen molar-refractivity contribution in [2.24, 2.45) is 0 Å². The highest BCUT2D eigenvalue weighted by atomic mass is 16.3. The molecule has 3 rings (SSSR count). The summed E-state index contributed by atoms with van der Waals surface area (Å²) in [7, 11) is 0. The predicted octanol–water partition coefficient (Wildman–Crippen LogP) is 0.961. The zero-order valence-corrected chi connectivity index (χ0v) is 14.0. The maximum absolute atomic E-state index is 12.2. The smallest absolute Gasteiger partial charge is 0.317 e. The molecule has 1 aliphatic heterocycles. The molecular weight excluding hydrogens is 308 g/mol. The number of aromatic nitrogens is 3. The maximum Gasteiger partial charge on any atom is 0.317 e. The average Bonchev–Trinajstić information content (AvgIpc) is 3.27. The first-order chi connectivity index (χ1) is 11.8. The Morgan fingerprint density at radius 2 is 2.17 bits per heavy atom. The van der Waals surface area contributed by atoms with Crippen LogP contribution in [0.1, 0.15) is 18.5 Å². The lowest BCUT2D eigenvalue weighted by atomic mass is 10.3. The Kier molecular flexibility index (Phi) is 5.47. The molecule has 0 radical (unpaired) electrons. The van der Waals surface area contributed by atoms with Crippen LogP contribution in [0, 0.1) is 0 Å². The highest BCUT2D eigenvalue weighted by Gasteiger charge is 2.21. The lowest BCUT2D eigenvalue weighted by Gasteiger charge is -2.34. The number of furan rings is 1. The zero-order chi connectivity index (χ0) is 16.8. The van der Waals surface area contributed by atoms with Crippen molar-refractivity contribution >= 4 is 6.03 Å². The molecule has 0 saturated carbocycles. The fraction of sp³-hybridized carbons (Fsp3) is 0.562. The third kappa shape index (κ3) is 4.14. The third-order valence-corrected chi connectivity index (χ3v) is 4.28. The highest BCUT2D eigenvalue weighted by molar-refractivity contribution is 5.74. The number of amides is 2. The number of rotatable bonds is 6. The van der Waals surface area contributed by atoms with Crippen LogP contribution in [-0.4, -0.2) is 63.3 Å². The number of carbonyl (C=O) groups excluding carboxylic acids is 1. The second-order valence-electron chi connectivity index (χ2n) is 5.86. The number of nitrogens with one attached hydrogen (secondary N) is 1. The molecule has 0 atom stereocenters. The van der Waals surface area contributed by atoms with Crippen molar-refractivity contribution in [3.8, 4) is 0 Å². The van der Waals surface area contributed by atoms with E-state index in [1.54, 1.807) is 12.6 Å². The fourth-order valence-electron chi connectivity index (χ4n) is 2.86. The minimum Gasteiger partial charge on any atom is -0.468 e. The molecule has 2 amide bonds. The number of hydrogen-bond acceptors (Lipinski definition) is 5. The van der Waals surface area contributed by atoms with E-state index in [-0.39, 0.29) is 6.03 Å². The summed E-state index contributed by atoms with van der Waals surface area (Å²) < 4.78 is 7.36. The summed E-state index contributed by atoms with van der Waals surface area (Å²) in [6, 6.07) is 3.88. The molecule has 0 unspecified atom stereocenters. The van der Waals surface area contributed by atoms with Gasteiger partial charge in [0.15, 0.2) is 0 Å². The normalized spacial score (nSPS) is 15.6. The number of carbonyl (C=O) groups is 1. The average molecular weight is 332 g/mol. The minimum absolute atomic E-state index is 0.00443. The molecule has 0 spiro atoms. The van der Waals surface area contributed by atoms with E-state index in [9.17, 15) is 4.79 Å². The monoisotopic (exact) mass is 332 g/mol. The lowest BCUT2D eigenvalue weighted by molar-refractivity contribution is 0.130. The number of hydrogen-bond donors (Lipinski definition) is 1. The molecule has 8 heteroatoms. The van der Waals surface area contributed by atoms with Crippen molar-refractivity contribution in [3.63, 3.8) is 0 Å². The summed E-state index contributed by atoms with van der Waals surface area (Å²) in [5.74, 6) is 1.87. The van der Waals surface area contributed by atoms with Gasteiger partial charge in [-0.2, -0.15) is 0 Å². The van der Waals surface area contributed by atoms with Crippen molar-refractivity contribution in [3.05, 3.63) is 36.3 Å². The van der Waals surface area contributed by atoms with E-state index in [2.05, 4.69) is 20.4 Å². The molecular formula is C16H24N6O2. The zero-order valence-electron chi connectivity index (χ0n) is 14.0. The second-order valence-corrected chi connectivity index (χ2v) is 5.86. The number of piperazine rings is 1. The van der Waals surface area contributed by atoms with E-state index in [0.717, 1.165) is 50.9 Å². The molecule has 2 aromatic rings. The van der Waals surface area contributed by atoms with Crippen molar-refractivity contribution in [2.45, 2.75) is 26.4 Å². The molecule has 1 aliphatic rings. The molecule has 1 N–H and O–H groups in total.